The highest BCUT2D eigenvalue weighted by Gasteiger charge is 2.05. The summed E-state index contributed by atoms with van der Waals surface area (Å²) < 4.78 is 20.0. The Labute approximate surface area is 153 Å². The molecule has 0 spiro atoms. The minimum Gasteiger partial charge on any atom is -0.385 e. The fourth-order valence-electron chi connectivity index (χ4n) is 2.31. The second-order valence-corrected chi connectivity index (χ2v) is 5.96. The third-order valence-corrected chi connectivity index (χ3v) is 4.00. The highest BCUT2D eigenvalue weighted by molar-refractivity contribution is 5.79. The first-order chi connectivity index (χ1) is 12.6. The van der Waals surface area contributed by atoms with Crippen molar-refractivity contribution in [2.24, 2.45) is 12.0 Å². The van der Waals surface area contributed by atoms with E-state index in [1.165, 1.54) is 12.1 Å². The maximum Gasteiger partial charge on any atom is 0.191 e. The lowest BCUT2D eigenvalue weighted by Gasteiger charge is -2.12. The van der Waals surface area contributed by atoms with Gasteiger partial charge < -0.3 is 19.9 Å². The predicted molar refractivity (Wildman–Crippen MR) is 99.5 cm³/mol. The average Bonchev–Trinajstić information content (AvgIpc) is 2.96. The summed E-state index contributed by atoms with van der Waals surface area (Å²) in [5.41, 5.74) is 1.07. The normalized spacial score (nSPS) is 11.6. The molecule has 1 aromatic carbocycles. The summed E-state index contributed by atoms with van der Waals surface area (Å²) in [7, 11) is 3.61. The van der Waals surface area contributed by atoms with Crippen LogP contribution in [-0.4, -0.2) is 47.5 Å². The molecule has 26 heavy (non-hydrogen) atoms. The smallest absolute Gasteiger partial charge is 0.191 e. The van der Waals surface area contributed by atoms with Crippen LogP contribution in [0.5, 0.6) is 0 Å². The van der Waals surface area contributed by atoms with Crippen molar-refractivity contribution in [1.82, 2.24) is 25.4 Å². The summed E-state index contributed by atoms with van der Waals surface area (Å²) in [6, 6.07) is 6.54. The SMILES string of the molecule is COCCCNC(=NCc1nnc(C)n1C)NCCc1ccc(F)cc1. The molecule has 0 aliphatic rings. The van der Waals surface area contributed by atoms with E-state index in [-0.39, 0.29) is 5.82 Å². The summed E-state index contributed by atoms with van der Waals surface area (Å²) >= 11 is 0. The van der Waals surface area contributed by atoms with Crippen molar-refractivity contribution >= 4 is 5.96 Å². The van der Waals surface area contributed by atoms with Crippen LogP contribution in [0.3, 0.4) is 0 Å². The number of aliphatic imine (C=N–C) groups is 1. The van der Waals surface area contributed by atoms with E-state index in [4.69, 9.17) is 4.74 Å². The molecular formula is C18H27FN6O. The lowest BCUT2D eigenvalue weighted by molar-refractivity contribution is 0.195. The number of nitrogens with zero attached hydrogens (tertiary/aromatic N) is 4. The first-order valence-corrected chi connectivity index (χ1v) is 8.70. The highest BCUT2D eigenvalue weighted by atomic mass is 19.1. The standard InChI is InChI=1S/C18H27FN6O/c1-14-23-24-17(25(14)2)13-22-18(20-10-4-12-26-3)21-11-9-15-5-7-16(19)8-6-15/h5-8H,4,9-13H2,1-3H3,(H2,20,21,22). The van der Waals surface area contributed by atoms with E-state index in [0.29, 0.717) is 25.7 Å². The number of hydrogen-bond acceptors (Lipinski definition) is 4. The van der Waals surface area contributed by atoms with Crippen molar-refractivity contribution in [2.45, 2.75) is 26.3 Å². The van der Waals surface area contributed by atoms with Gasteiger partial charge in [-0.3, -0.25) is 0 Å². The molecule has 0 saturated heterocycles. The molecule has 2 rings (SSSR count). The van der Waals surface area contributed by atoms with Crippen LogP contribution in [0.1, 0.15) is 23.6 Å². The quantitative estimate of drug-likeness (QED) is 0.402. The van der Waals surface area contributed by atoms with Crippen molar-refractivity contribution in [3.63, 3.8) is 0 Å². The molecule has 0 amide bonds. The van der Waals surface area contributed by atoms with E-state index in [1.807, 2.05) is 18.5 Å². The molecule has 7 nitrogen and oxygen atoms in total. The zero-order chi connectivity index (χ0) is 18.8. The van der Waals surface area contributed by atoms with Gasteiger partial charge in [0.25, 0.3) is 0 Å². The van der Waals surface area contributed by atoms with Gasteiger partial charge >= 0.3 is 0 Å². The largest absolute Gasteiger partial charge is 0.385 e. The van der Waals surface area contributed by atoms with Gasteiger partial charge in [-0.05, 0) is 37.5 Å². The van der Waals surface area contributed by atoms with Crippen molar-refractivity contribution in [2.75, 3.05) is 26.8 Å². The number of halogens is 1. The van der Waals surface area contributed by atoms with Gasteiger partial charge in [-0.15, -0.1) is 10.2 Å². The number of nitrogens with one attached hydrogen (secondary N) is 2. The zero-order valence-corrected chi connectivity index (χ0v) is 15.6. The number of methoxy groups -OCH3 is 1. The molecule has 1 heterocycles. The Morgan fingerprint density at radius 1 is 1.19 bits per heavy atom. The van der Waals surface area contributed by atoms with Crippen LogP contribution in [-0.2, 0) is 24.8 Å². The van der Waals surface area contributed by atoms with Crippen molar-refractivity contribution in [3.05, 3.63) is 47.3 Å². The van der Waals surface area contributed by atoms with E-state index in [9.17, 15) is 4.39 Å². The zero-order valence-electron chi connectivity index (χ0n) is 15.6. The van der Waals surface area contributed by atoms with Gasteiger partial charge in [0, 0.05) is 33.9 Å². The van der Waals surface area contributed by atoms with Gasteiger partial charge in [0.2, 0.25) is 0 Å². The maximum atomic E-state index is 13.0. The Bertz CT molecular complexity index is 698. The second kappa shape index (κ2) is 10.5. The number of rotatable bonds is 9. The molecular weight excluding hydrogens is 335 g/mol. The molecule has 0 fully saturated rings. The summed E-state index contributed by atoms with van der Waals surface area (Å²) in [4.78, 5) is 4.58. The molecule has 1 aromatic heterocycles. The maximum absolute atomic E-state index is 13.0. The minimum atomic E-state index is -0.220. The number of aryl methyl sites for hydroxylation is 1. The molecule has 0 bridgehead atoms. The molecule has 0 unspecified atom stereocenters. The molecule has 2 N–H and O–H groups in total. The Balaban J connectivity index is 1.90. The van der Waals surface area contributed by atoms with Crippen molar-refractivity contribution in [3.8, 4) is 0 Å². The third-order valence-electron chi connectivity index (χ3n) is 4.00. The molecule has 2 aromatic rings. The molecule has 0 saturated carbocycles. The van der Waals surface area contributed by atoms with E-state index in [2.05, 4.69) is 25.8 Å². The lowest BCUT2D eigenvalue weighted by atomic mass is 10.1. The molecule has 8 heteroatoms. The number of benzene rings is 1. The minimum absolute atomic E-state index is 0.220. The Hall–Kier alpha value is -2.48. The molecule has 0 aliphatic heterocycles. The van der Waals surface area contributed by atoms with Crippen molar-refractivity contribution in [1.29, 1.82) is 0 Å². The Kier molecular flexibility index (Phi) is 8.01. The fourth-order valence-corrected chi connectivity index (χ4v) is 2.31. The van der Waals surface area contributed by atoms with E-state index in [1.54, 1.807) is 19.2 Å². The third kappa shape index (κ3) is 6.44. The van der Waals surface area contributed by atoms with Crippen LogP contribution in [0.25, 0.3) is 0 Å². The van der Waals surface area contributed by atoms with E-state index < -0.39 is 0 Å². The fraction of sp³-hybridized carbons (Fsp3) is 0.500. The Morgan fingerprint density at radius 2 is 1.92 bits per heavy atom. The van der Waals surface area contributed by atoms with Crippen LogP contribution in [0.4, 0.5) is 4.39 Å². The van der Waals surface area contributed by atoms with Crippen LogP contribution >= 0.6 is 0 Å². The van der Waals surface area contributed by atoms with Gasteiger partial charge in [-0.1, -0.05) is 12.1 Å². The molecule has 142 valence electrons. The Morgan fingerprint density at radius 3 is 2.58 bits per heavy atom. The average molecular weight is 362 g/mol. The van der Waals surface area contributed by atoms with E-state index in [0.717, 1.165) is 36.6 Å². The van der Waals surface area contributed by atoms with Crippen molar-refractivity contribution < 1.29 is 9.13 Å². The summed E-state index contributed by atoms with van der Waals surface area (Å²) in [5.74, 6) is 2.15. The number of hydrogen-bond donors (Lipinski definition) is 2. The van der Waals surface area contributed by atoms with Gasteiger partial charge in [0.15, 0.2) is 11.8 Å². The molecule has 0 aliphatic carbocycles. The summed E-state index contributed by atoms with van der Waals surface area (Å²) in [6.45, 7) is 4.49. The predicted octanol–water partition coefficient (Wildman–Crippen LogP) is 1.58. The summed E-state index contributed by atoms with van der Waals surface area (Å²) in [5, 5.41) is 14.8. The number of guanidine groups is 1. The number of ether oxygens (including phenoxy) is 1. The van der Waals surface area contributed by atoms with Gasteiger partial charge in [0.1, 0.15) is 18.2 Å². The van der Waals surface area contributed by atoms with Crippen LogP contribution < -0.4 is 10.6 Å². The second-order valence-electron chi connectivity index (χ2n) is 5.96. The lowest BCUT2D eigenvalue weighted by Crippen LogP contribution is -2.39. The van der Waals surface area contributed by atoms with Gasteiger partial charge in [-0.25, -0.2) is 9.38 Å². The first-order valence-electron chi connectivity index (χ1n) is 8.70. The highest BCUT2D eigenvalue weighted by Crippen LogP contribution is 2.03. The molecule has 0 atom stereocenters. The topological polar surface area (TPSA) is 76.4 Å². The first kappa shape index (κ1) is 19.8. The number of aromatic nitrogens is 3. The van der Waals surface area contributed by atoms with Gasteiger partial charge in [-0.2, -0.15) is 0 Å². The van der Waals surface area contributed by atoms with Crippen LogP contribution in [0, 0.1) is 12.7 Å². The van der Waals surface area contributed by atoms with Crippen LogP contribution in [0.2, 0.25) is 0 Å². The monoisotopic (exact) mass is 362 g/mol. The van der Waals surface area contributed by atoms with E-state index >= 15 is 0 Å². The summed E-state index contributed by atoms with van der Waals surface area (Å²) in [6.07, 6.45) is 1.67. The van der Waals surface area contributed by atoms with Gasteiger partial charge in [0.05, 0.1) is 0 Å². The molecule has 0 radical (unpaired) electrons. The van der Waals surface area contributed by atoms with Crippen LogP contribution in [0.15, 0.2) is 29.3 Å².